The molecule has 0 radical (unpaired) electrons. The number of benzene rings is 1. The Labute approximate surface area is 137 Å². The first kappa shape index (κ1) is 15.5. The van der Waals surface area contributed by atoms with Crippen LogP contribution in [-0.4, -0.2) is 22.6 Å². The first-order chi connectivity index (χ1) is 11.2. The second-order valence-corrected chi connectivity index (χ2v) is 5.93. The van der Waals surface area contributed by atoms with Crippen LogP contribution in [0.1, 0.15) is 48.8 Å². The minimum Gasteiger partial charge on any atom is -0.460 e. The minimum absolute atomic E-state index is 0.293. The summed E-state index contributed by atoms with van der Waals surface area (Å²) in [7, 11) is 0. The summed E-state index contributed by atoms with van der Waals surface area (Å²) >= 11 is 0. The zero-order chi connectivity index (χ0) is 16.1. The second kappa shape index (κ2) is 7.26. The van der Waals surface area contributed by atoms with E-state index >= 15 is 0 Å². The summed E-state index contributed by atoms with van der Waals surface area (Å²) in [6.45, 7) is 2.77. The van der Waals surface area contributed by atoms with Crippen molar-refractivity contribution in [3.05, 3.63) is 53.3 Å². The molecule has 1 heterocycles. The van der Waals surface area contributed by atoms with Gasteiger partial charge >= 0.3 is 6.01 Å². The molecule has 1 saturated carbocycles. The van der Waals surface area contributed by atoms with Crippen molar-refractivity contribution < 1.29 is 4.74 Å². The standard InChI is InChI=1S/C19H21N3O/c1-14(11-20)17-9-7-15(8-10-17)5-6-16-12-21-19(22-13-16)23-18-3-2-4-18/h7-10,12-14,18H,2-4,11,20H2,1H3. The predicted octanol–water partition coefficient (Wildman–Crippen LogP) is 2.87. The lowest BCUT2D eigenvalue weighted by Crippen LogP contribution is -2.25. The molecule has 4 heteroatoms. The normalized spacial score (nSPS) is 15.2. The van der Waals surface area contributed by atoms with Gasteiger partial charge in [-0.25, -0.2) is 9.97 Å². The molecule has 1 aliphatic carbocycles. The van der Waals surface area contributed by atoms with Crippen LogP contribution in [0.15, 0.2) is 36.7 Å². The van der Waals surface area contributed by atoms with Gasteiger partial charge in [0.2, 0.25) is 0 Å². The first-order valence-electron chi connectivity index (χ1n) is 8.05. The average Bonchev–Trinajstić information content (AvgIpc) is 2.57. The molecule has 1 aliphatic rings. The molecule has 0 amide bonds. The highest BCUT2D eigenvalue weighted by Crippen LogP contribution is 2.22. The molecule has 118 valence electrons. The van der Waals surface area contributed by atoms with E-state index in [1.165, 1.54) is 12.0 Å². The van der Waals surface area contributed by atoms with Crippen molar-refractivity contribution in [3.8, 4) is 17.9 Å². The van der Waals surface area contributed by atoms with Gasteiger partial charge in [0.15, 0.2) is 0 Å². The molecule has 0 saturated heterocycles. The van der Waals surface area contributed by atoms with E-state index in [1.807, 2.05) is 12.1 Å². The Morgan fingerprint density at radius 3 is 2.35 bits per heavy atom. The smallest absolute Gasteiger partial charge is 0.316 e. The van der Waals surface area contributed by atoms with E-state index in [-0.39, 0.29) is 0 Å². The highest BCUT2D eigenvalue weighted by atomic mass is 16.5. The fraction of sp³-hybridized carbons (Fsp3) is 0.368. The number of hydrogen-bond donors (Lipinski definition) is 1. The van der Waals surface area contributed by atoms with Crippen LogP contribution in [0.25, 0.3) is 0 Å². The van der Waals surface area contributed by atoms with Gasteiger partial charge in [0.25, 0.3) is 0 Å². The maximum absolute atomic E-state index is 5.68. The lowest BCUT2D eigenvalue weighted by atomic mass is 9.96. The maximum atomic E-state index is 5.68. The van der Waals surface area contributed by atoms with Gasteiger partial charge < -0.3 is 10.5 Å². The van der Waals surface area contributed by atoms with Gasteiger partial charge in [-0.05, 0) is 49.4 Å². The van der Waals surface area contributed by atoms with Gasteiger partial charge in [-0.15, -0.1) is 0 Å². The van der Waals surface area contributed by atoms with E-state index in [1.54, 1.807) is 12.4 Å². The fourth-order valence-corrected chi connectivity index (χ4v) is 2.25. The van der Waals surface area contributed by atoms with Crippen molar-refractivity contribution in [2.75, 3.05) is 6.54 Å². The molecular formula is C19H21N3O. The van der Waals surface area contributed by atoms with Gasteiger partial charge in [0.05, 0.1) is 5.56 Å². The maximum Gasteiger partial charge on any atom is 0.316 e. The van der Waals surface area contributed by atoms with Crippen LogP contribution < -0.4 is 10.5 Å². The number of aromatic nitrogens is 2. The molecule has 1 aromatic heterocycles. The van der Waals surface area contributed by atoms with Crippen molar-refractivity contribution in [1.29, 1.82) is 0 Å². The van der Waals surface area contributed by atoms with Gasteiger partial charge in [-0.2, -0.15) is 0 Å². The molecule has 0 spiro atoms. The number of nitrogens with two attached hydrogens (primary N) is 1. The Morgan fingerprint density at radius 2 is 1.78 bits per heavy atom. The van der Waals surface area contributed by atoms with Gasteiger partial charge in [0, 0.05) is 18.0 Å². The Bertz CT molecular complexity index is 694. The van der Waals surface area contributed by atoms with Crippen molar-refractivity contribution in [2.24, 2.45) is 5.73 Å². The zero-order valence-corrected chi connectivity index (χ0v) is 13.3. The molecule has 0 bridgehead atoms. The quantitative estimate of drug-likeness (QED) is 0.882. The molecule has 4 nitrogen and oxygen atoms in total. The third kappa shape index (κ3) is 4.08. The third-order valence-corrected chi connectivity index (χ3v) is 4.14. The summed E-state index contributed by atoms with van der Waals surface area (Å²) in [5.74, 6) is 6.57. The molecule has 1 atom stereocenters. The third-order valence-electron chi connectivity index (χ3n) is 4.14. The van der Waals surface area contributed by atoms with Crippen LogP contribution >= 0.6 is 0 Å². The van der Waals surface area contributed by atoms with Gasteiger partial charge in [0.1, 0.15) is 6.10 Å². The summed E-state index contributed by atoms with van der Waals surface area (Å²) in [5, 5.41) is 0. The van der Waals surface area contributed by atoms with E-state index in [9.17, 15) is 0 Å². The summed E-state index contributed by atoms with van der Waals surface area (Å²) in [4.78, 5) is 8.42. The molecule has 23 heavy (non-hydrogen) atoms. The lowest BCUT2D eigenvalue weighted by Gasteiger charge is -2.24. The molecule has 1 fully saturated rings. The molecular weight excluding hydrogens is 286 g/mol. The number of ether oxygens (including phenoxy) is 1. The summed E-state index contributed by atoms with van der Waals surface area (Å²) < 4.78 is 5.63. The summed E-state index contributed by atoms with van der Waals surface area (Å²) in [5.41, 5.74) is 8.66. The largest absolute Gasteiger partial charge is 0.460 e. The first-order valence-corrected chi connectivity index (χ1v) is 8.05. The SMILES string of the molecule is CC(CN)c1ccc(C#Cc2cnc(OC3CCC3)nc2)cc1. The van der Waals surface area contributed by atoms with Crippen LogP contribution in [0.5, 0.6) is 6.01 Å². The van der Waals surface area contributed by atoms with E-state index in [0.717, 1.165) is 24.0 Å². The zero-order valence-electron chi connectivity index (χ0n) is 13.3. The molecule has 3 rings (SSSR count). The van der Waals surface area contributed by atoms with Crippen LogP contribution in [0.4, 0.5) is 0 Å². The highest BCUT2D eigenvalue weighted by molar-refractivity contribution is 5.42. The van der Waals surface area contributed by atoms with Crippen molar-refractivity contribution in [1.82, 2.24) is 9.97 Å². The highest BCUT2D eigenvalue weighted by Gasteiger charge is 2.19. The van der Waals surface area contributed by atoms with Gasteiger partial charge in [-0.1, -0.05) is 30.9 Å². The van der Waals surface area contributed by atoms with Crippen LogP contribution in [0, 0.1) is 11.8 Å². The predicted molar refractivity (Wildman–Crippen MR) is 90.2 cm³/mol. The second-order valence-electron chi connectivity index (χ2n) is 5.93. The van der Waals surface area contributed by atoms with Crippen molar-refractivity contribution >= 4 is 0 Å². The van der Waals surface area contributed by atoms with Gasteiger partial charge in [-0.3, -0.25) is 0 Å². The molecule has 1 unspecified atom stereocenters. The van der Waals surface area contributed by atoms with E-state index < -0.39 is 0 Å². The van der Waals surface area contributed by atoms with E-state index in [4.69, 9.17) is 10.5 Å². The number of hydrogen-bond acceptors (Lipinski definition) is 4. The van der Waals surface area contributed by atoms with Crippen molar-refractivity contribution in [3.63, 3.8) is 0 Å². The Morgan fingerprint density at radius 1 is 1.13 bits per heavy atom. The molecule has 1 aromatic carbocycles. The van der Waals surface area contributed by atoms with E-state index in [0.29, 0.717) is 24.6 Å². The minimum atomic E-state index is 0.293. The summed E-state index contributed by atoms with van der Waals surface area (Å²) in [6, 6.07) is 8.63. The average molecular weight is 307 g/mol. The molecule has 0 aliphatic heterocycles. The number of nitrogens with zero attached hydrogens (tertiary/aromatic N) is 2. The monoisotopic (exact) mass is 307 g/mol. The van der Waals surface area contributed by atoms with Crippen molar-refractivity contribution in [2.45, 2.75) is 38.2 Å². The fourth-order valence-electron chi connectivity index (χ4n) is 2.25. The topological polar surface area (TPSA) is 61.0 Å². The number of rotatable bonds is 4. The Balaban J connectivity index is 1.63. The van der Waals surface area contributed by atoms with Crippen LogP contribution in [0.3, 0.4) is 0 Å². The van der Waals surface area contributed by atoms with E-state index in [2.05, 4.69) is 40.9 Å². The Kier molecular flexibility index (Phi) is 4.89. The van der Waals surface area contributed by atoms with Crippen LogP contribution in [-0.2, 0) is 0 Å². The lowest BCUT2D eigenvalue weighted by molar-refractivity contribution is 0.108. The summed E-state index contributed by atoms with van der Waals surface area (Å²) in [6.07, 6.45) is 7.14. The molecule has 2 N–H and O–H groups in total. The van der Waals surface area contributed by atoms with Crippen LogP contribution in [0.2, 0.25) is 0 Å². The molecule has 2 aromatic rings. The Hall–Kier alpha value is -2.38.